The van der Waals surface area contributed by atoms with Crippen molar-refractivity contribution in [2.75, 3.05) is 30.8 Å². The second-order valence-corrected chi connectivity index (χ2v) is 14.4. The van der Waals surface area contributed by atoms with E-state index in [4.69, 9.17) is 14.2 Å². The minimum absolute atomic E-state index is 0.280. The van der Waals surface area contributed by atoms with E-state index in [0.29, 0.717) is 67.6 Å². The van der Waals surface area contributed by atoms with Gasteiger partial charge in [-0.05, 0) is 113 Å². The van der Waals surface area contributed by atoms with Gasteiger partial charge in [0.2, 0.25) is 11.8 Å². The summed E-state index contributed by atoms with van der Waals surface area (Å²) in [6.45, 7) is 1.28. The summed E-state index contributed by atoms with van der Waals surface area (Å²) in [5.74, 6) is 0.565. The van der Waals surface area contributed by atoms with Gasteiger partial charge in [0.05, 0.1) is 31.6 Å². The van der Waals surface area contributed by atoms with E-state index in [9.17, 15) is 19.2 Å². The summed E-state index contributed by atoms with van der Waals surface area (Å²) in [7, 11) is 1.56. The van der Waals surface area contributed by atoms with Crippen molar-refractivity contribution in [3.05, 3.63) is 175 Å². The van der Waals surface area contributed by atoms with E-state index in [1.54, 1.807) is 117 Å². The Morgan fingerprint density at radius 2 is 1.14 bits per heavy atom. The van der Waals surface area contributed by atoms with E-state index < -0.39 is 23.6 Å². The molecule has 0 aliphatic rings. The van der Waals surface area contributed by atoms with Crippen molar-refractivity contribution in [2.45, 2.75) is 6.92 Å². The quantitative estimate of drug-likeness (QED) is 0.0835. The first-order valence-electron chi connectivity index (χ1n) is 19.9. The fraction of sp³-hybridized carbons (Fsp3) is 0.0800. The van der Waals surface area contributed by atoms with Crippen LogP contribution in [0, 0.1) is 6.92 Å². The molecule has 2 heterocycles. The SMILES string of the molecule is COc1cccc(Oc2ccccc2NC(=O)CNC(=O)c2cc(-c3ccc(Oc4cccc(C)c4)c(NC(=O)CNC(=O)c4cccc5ccncc45)c3)cc3ccncc23)c1. The summed E-state index contributed by atoms with van der Waals surface area (Å²) in [5, 5.41) is 14.0. The largest absolute Gasteiger partial charge is 0.497 e. The summed E-state index contributed by atoms with van der Waals surface area (Å²) >= 11 is 0. The maximum absolute atomic E-state index is 13.9. The normalized spacial score (nSPS) is 10.8. The van der Waals surface area contributed by atoms with Crippen LogP contribution in [0.25, 0.3) is 32.7 Å². The summed E-state index contributed by atoms with van der Waals surface area (Å²) < 4.78 is 17.6. The molecule has 0 aliphatic heterocycles. The van der Waals surface area contributed by atoms with E-state index in [1.807, 2.05) is 55.5 Å². The highest BCUT2D eigenvalue weighted by Crippen LogP contribution is 2.36. The zero-order chi connectivity index (χ0) is 43.7. The van der Waals surface area contributed by atoms with Gasteiger partial charge in [0.15, 0.2) is 11.5 Å². The molecule has 0 aliphatic carbocycles. The van der Waals surface area contributed by atoms with E-state index in [1.165, 1.54) is 0 Å². The molecule has 0 unspecified atom stereocenters. The molecule has 8 rings (SSSR count). The predicted octanol–water partition coefficient (Wildman–Crippen LogP) is 9.09. The van der Waals surface area contributed by atoms with Crippen LogP contribution in [0.3, 0.4) is 0 Å². The number of ether oxygens (including phenoxy) is 3. The van der Waals surface area contributed by atoms with Gasteiger partial charge in [-0.3, -0.25) is 29.1 Å². The number of carbonyl (C=O) groups is 4. The minimum atomic E-state index is -0.503. The van der Waals surface area contributed by atoms with E-state index in [2.05, 4.69) is 31.2 Å². The number of carbonyl (C=O) groups excluding carboxylic acids is 4. The molecule has 13 nitrogen and oxygen atoms in total. The van der Waals surface area contributed by atoms with E-state index in [-0.39, 0.29) is 18.7 Å². The molecule has 0 radical (unpaired) electrons. The Labute approximate surface area is 362 Å². The number of hydrogen-bond donors (Lipinski definition) is 4. The molecule has 8 aromatic rings. The molecule has 4 N–H and O–H groups in total. The van der Waals surface area contributed by atoms with E-state index in [0.717, 1.165) is 16.3 Å². The molecule has 6 aromatic carbocycles. The van der Waals surface area contributed by atoms with Crippen LogP contribution in [0.4, 0.5) is 11.4 Å². The molecule has 0 bridgehead atoms. The highest BCUT2D eigenvalue weighted by Gasteiger charge is 2.19. The lowest BCUT2D eigenvalue weighted by Gasteiger charge is -2.16. The summed E-state index contributed by atoms with van der Waals surface area (Å²) in [6.07, 6.45) is 6.48. The van der Waals surface area contributed by atoms with Crippen molar-refractivity contribution in [3.8, 4) is 39.9 Å². The first-order chi connectivity index (χ1) is 30.7. The second kappa shape index (κ2) is 18.8. The van der Waals surface area contributed by atoms with Gasteiger partial charge in [-0.15, -0.1) is 0 Å². The number of aryl methyl sites for hydroxylation is 1. The number of rotatable bonds is 14. The van der Waals surface area contributed by atoms with Crippen LogP contribution in [0.1, 0.15) is 26.3 Å². The molecule has 2 aromatic heterocycles. The van der Waals surface area contributed by atoms with Crippen molar-refractivity contribution in [1.29, 1.82) is 0 Å². The van der Waals surface area contributed by atoms with Crippen LogP contribution in [-0.4, -0.2) is 53.8 Å². The predicted molar refractivity (Wildman–Crippen MR) is 242 cm³/mol. The fourth-order valence-corrected chi connectivity index (χ4v) is 6.92. The lowest BCUT2D eigenvalue weighted by Crippen LogP contribution is -2.33. The number of methoxy groups -OCH3 is 1. The molecule has 13 heteroatoms. The standard InChI is InChI=1S/C50H40N6O7/c1-31-8-5-11-37(22-31)62-46-17-16-33(25-44(46)56-48(58)30-53-49(59)39-13-6-9-32-18-20-51-27-41(32)39)35-23-34-19-21-52-28-42(34)40(24-35)50(60)54-29-47(57)55-43-14-3-4-15-45(43)63-38-12-7-10-36(26-38)61-2/h3-28H,29-30H2,1-2H3,(H,53,59)(H,54,60)(H,55,57)(H,56,58). The first kappa shape index (κ1) is 41.2. The van der Waals surface area contributed by atoms with Crippen LogP contribution >= 0.6 is 0 Å². The van der Waals surface area contributed by atoms with Gasteiger partial charge in [-0.25, -0.2) is 0 Å². The Hall–Kier alpha value is -8.58. The average molecular weight is 837 g/mol. The maximum Gasteiger partial charge on any atom is 0.252 e. The fourth-order valence-electron chi connectivity index (χ4n) is 6.92. The number of nitrogens with one attached hydrogen (secondary N) is 4. The van der Waals surface area contributed by atoms with Crippen molar-refractivity contribution < 1.29 is 33.4 Å². The van der Waals surface area contributed by atoms with Gasteiger partial charge >= 0.3 is 0 Å². The summed E-state index contributed by atoms with van der Waals surface area (Å²) in [6, 6.07) is 39.4. The lowest BCUT2D eigenvalue weighted by molar-refractivity contribution is -0.116. The summed E-state index contributed by atoms with van der Waals surface area (Å²) in [5.41, 5.74) is 3.69. The molecule has 0 fully saturated rings. The van der Waals surface area contributed by atoms with Crippen LogP contribution in [0.15, 0.2) is 158 Å². The maximum atomic E-state index is 13.9. The lowest BCUT2D eigenvalue weighted by atomic mass is 9.97. The number of benzene rings is 6. The van der Waals surface area contributed by atoms with Crippen molar-refractivity contribution >= 4 is 56.5 Å². The van der Waals surface area contributed by atoms with Crippen LogP contribution < -0.4 is 35.5 Å². The van der Waals surface area contributed by atoms with Gasteiger partial charge in [-0.1, -0.05) is 48.5 Å². The minimum Gasteiger partial charge on any atom is -0.497 e. The Bertz CT molecular complexity index is 3020. The molecular formula is C50H40N6O7. The highest BCUT2D eigenvalue weighted by atomic mass is 16.5. The third kappa shape index (κ3) is 9.90. The zero-order valence-electron chi connectivity index (χ0n) is 34.2. The third-order valence-corrected chi connectivity index (χ3v) is 9.98. The molecule has 63 heavy (non-hydrogen) atoms. The second-order valence-electron chi connectivity index (χ2n) is 14.4. The zero-order valence-corrected chi connectivity index (χ0v) is 34.2. The number of pyridine rings is 2. The van der Waals surface area contributed by atoms with Crippen LogP contribution in [0.5, 0.6) is 28.7 Å². The van der Waals surface area contributed by atoms with Crippen molar-refractivity contribution in [2.24, 2.45) is 0 Å². The molecule has 0 spiro atoms. The van der Waals surface area contributed by atoms with Crippen LogP contribution in [0.2, 0.25) is 0 Å². The number of amides is 4. The Morgan fingerprint density at radius 3 is 1.89 bits per heavy atom. The Balaban J connectivity index is 1.02. The van der Waals surface area contributed by atoms with Crippen molar-refractivity contribution in [1.82, 2.24) is 20.6 Å². The first-order valence-corrected chi connectivity index (χ1v) is 19.9. The number of para-hydroxylation sites is 2. The third-order valence-electron chi connectivity index (χ3n) is 9.98. The van der Waals surface area contributed by atoms with Gasteiger partial charge in [0.1, 0.15) is 17.2 Å². The van der Waals surface area contributed by atoms with Crippen molar-refractivity contribution in [3.63, 3.8) is 0 Å². The molecule has 312 valence electrons. The van der Waals surface area contributed by atoms with Crippen LogP contribution in [-0.2, 0) is 9.59 Å². The van der Waals surface area contributed by atoms with Gasteiger partial charge in [0, 0.05) is 52.8 Å². The van der Waals surface area contributed by atoms with Gasteiger partial charge in [0.25, 0.3) is 11.8 Å². The molecular weight excluding hydrogens is 797 g/mol. The van der Waals surface area contributed by atoms with E-state index >= 15 is 0 Å². The number of nitrogens with zero attached hydrogens (tertiary/aromatic N) is 2. The Morgan fingerprint density at radius 1 is 0.524 bits per heavy atom. The smallest absolute Gasteiger partial charge is 0.252 e. The Kier molecular flexibility index (Phi) is 12.3. The monoisotopic (exact) mass is 836 g/mol. The number of anilines is 2. The number of aromatic nitrogens is 2. The van der Waals surface area contributed by atoms with Gasteiger partial charge < -0.3 is 35.5 Å². The number of hydrogen-bond acceptors (Lipinski definition) is 9. The molecule has 4 amide bonds. The highest BCUT2D eigenvalue weighted by molar-refractivity contribution is 6.10. The molecule has 0 saturated heterocycles. The topological polar surface area (TPSA) is 170 Å². The van der Waals surface area contributed by atoms with Gasteiger partial charge in [-0.2, -0.15) is 0 Å². The molecule has 0 saturated carbocycles. The number of fused-ring (bicyclic) bond motifs is 2. The molecule has 0 atom stereocenters. The summed E-state index contributed by atoms with van der Waals surface area (Å²) in [4.78, 5) is 62.3. The average Bonchev–Trinajstić information content (AvgIpc) is 3.30.